The fourth-order valence-electron chi connectivity index (χ4n) is 3.56. The van der Waals surface area contributed by atoms with Crippen LogP contribution in [-0.2, 0) is 9.53 Å². The van der Waals surface area contributed by atoms with E-state index in [-0.39, 0.29) is 30.1 Å². The van der Waals surface area contributed by atoms with Gasteiger partial charge in [-0.25, -0.2) is 0 Å². The molecule has 116 valence electrons. The first kappa shape index (κ1) is 15.7. The van der Waals surface area contributed by atoms with Crippen LogP contribution in [0.5, 0.6) is 0 Å². The van der Waals surface area contributed by atoms with Crippen LogP contribution in [0.15, 0.2) is 0 Å². The monoisotopic (exact) mass is 284 g/mol. The number of carbonyl (C=O) groups is 1. The number of morpholine rings is 1. The third-order valence-corrected chi connectivity index (χ3v) is 4.72. The maximum atomic E-state index is 13.0. The molecule has 1 saturated carbocycles. The van der Waals surface area contributed by atoms with Crippen molar-refractivity contribution in [3.05, 3.63) is 0 Å². The van der Waals surface area contributed by atoms with Crippen LogP contribution < -0.4 is 5.73 Å². The van der Waals surface area contributed by atoms with Gasteiger partial charge in [0.2, 0.25) is 5.91 Å². The van der Waals surface area contributed by atoms with Gasteiger partial charge >= 0.3 is 0 Å². The molecular weight excluding hydrogens is 256 g/mol. The van der Waals surface area contributed by atoms with Crippen molar-refractivity contribution >= 4 is 5.91 Å². The molecule has 1 aliphatic heterocycles. The van der Waals surface area contributed by atoms with E-state index in [1.165, 1.54) is 12.8 Å². The van der Waals surface area contributed by atoms with Gasteiger partial charge in [0.05, 0.1) is 24.2 Å². The number of ether oxygens (including phenoxy) is 1. The van der Waals surface area contributed by atoms with Crippen molar-refractivity contribution < 1.29 is 14.6 Å². The molecule has 5 nitrogen and oxygen atoms in total. The van der Waals surface area contributed by atoms with Gasteiger partial charge in [0, 0.05) is 19.6 Å². The fraction of sp³-hybridized carbons (Fsp3) is 0.933. The van der Waals surface area contributed by atoms with E-state index in [2.05, 4.69) is 0 Å². The van der Waals surface area contributed by atoms with Crippen molar-refractivity contribution in [1.82, 2.24) is 4.90 Å². The highest BCUT2D eigenvalue weighted by atomic mass is 16.5. The zero-order valence-electron chi connectivity index (χ0n) is 12.5. The molecule has 2 rings (SSSR count). The lowest BCUT2D eigenvalue weighted by molar-refractivity contribution is -0.157. The highest BCUT2D eigenvalue weighted by Gasteiger charge is 2.42. The van der Waals surface area contributed by atoms with E-state index in [1.54, 1.807) is 0 Å². The van der Waals surface area contributed by atoms with E-state index in [0.717, 1.165) is 25.7 Å². The highest BCUT2D eigenvalue weighted by molar-refractivity contribution is 5.83. The summed E-state index contributed by atoms with van der Waals surface area (Å²) in [5.41, 5.74) is 5.61. The predicted molar refractivity (Wildman–Crippen MR) is 77.2 cm³/mol. The van der Waals surface area contributed by atoms with Gasteiger partial charge < -0.3 is 20.5 Å². The Hall–Kier alpha value is -0.650. The average Bonchev–Trinajstić information content (AvgIpc) is 2.72. The van der Waals surface area contributed by atoms with Crippen molar-refractivity contribution in [2.75, 3.05) is 26.2 Å². The summed E-state index contributed by atoms with van der Waals surface area (Å²) in [6, 6.07) is 0. The van der Waals surface area contributed by atoms with E-state index in [0.29, 0.717) is 19.6 Å². The minimum Gasteiger partial charge on any atom is -0.394 e. The Morgan fingerprint density at radius 3 is 2.50 bits per heavy atom. The van der Waals surface area contributed by atoms with Gasteiger partial charge in [-0.3, -0.25) is 4.79 Å². The van der Waals surface area contributed by atoms with Crippen LogP contribution in [0.2, 0.25) is 0 Å². The van der Waals surface area contributed by atoms with E-state index < -0.39 is 0 Å². The number of hydrogen-bond acceptors (Lipinski definition) is 4. The third kappa shape index (κ3) is 3.32. The van der Waals surface area contributed by atoms with Crippen LogP contribution in [0, 0.1) is 5.41 Å². The predicted octanol–water partition coefficient (Wildman–Crippen LogP) is 0.894. The standard InChI is InChI=1S/C15H28N2O3/c1-12-8-17(9-13(10-18)20-12)14(19)15(11-16)6-4-2-3-5-7-15/h12-13,18H,2-11,16H2,1H3. The zero-order chi connectivity index (χ0) is 14.6. The summed E-state index contributed by atoms with van der Waals surface area (Å²) in [5, 5.41) is 9.30. The number of nitrogens with zero attached hydrogens (tertiary/aromatic N) is 1. The molecule has 20 heavy (non-hydrogen) atoms. The van der Waals surface area contributed by atoms with Gasteiger partial charge in [-0.15, -0.1) is 0 Å². The van der Waals surface area contributed by atoms with Crippen molar-refractivity contribution in [2.24, 2.45) is 11.1 Å². The smallest absolute Gasteiger partial charge is 0.230 e. The number of rotatable bonds is 3. The summed E-state index contributed by atoms with van der Waals surface area (Å²) in [6.45, 7) is 3.44. The summed E-state index contributed by atoms with van der Waals surface area (Å²) < 4.78 is 5.62. The molecule has 0 bridgehead atoms. The van der Waals surface area contributed by atoms with Gasteiger partial charge in [0.25, 0.3) is 0 Å². The van der Waals surface area contributed by atoms with Crippen LogP contribution in [0.25, 0.3) is 0 Å². The number of amides is 1. The largest absolute Gasteiger partial charge is 0.394 e. The SMILES string of the molecule is CC1CN(C(=O)C2(CN)CCCCCC2)CC(CO)O1. The number of hydrogen-bond donors (Lipinski definition) is 2. The molecule has 3 N–H and O–H groups in total. The number of aliphatic hydroxyl groups is 1. The molecule has 0 radical (unpaired) electrons. The Bertz CT molecular complexity index is 327. The van der Waals surface area contributed by atoms with Crippen LogP contribution in [-0.4, -0.2) is 54.4 Å². The molecule has 2 unspecified atom stereocenters. The Kier molecular flexibility index (Phi) is 5.41. The first-order valence-electron chi connectivity index (χ1n) is 7.87. The highest BCUT2D eigenvalue weighted by Crippen LogP contribution is 2.36. The van der Waals surface area contributed by atoms with Crippen molar-refractivity contribution in [1.29, 1.82) is 0 Å². The second-order valence-electron chi connectivity index (χ2n) is 6.36. The minimum atomic E-state index is -0.381. The quantitative estimate of drug-likeness (QED) is 0.755. The molecule has 1 aliphatic carbocycles. The lowest BCUT2D eigenvalue weighted by Gasteiger charge is -2.41. The minimum absolute atomic E-state index is 0.0227. The van der Waals surface area contributed by atoms with Gasteiger partial charge in [0.15, 0.2) is 0 Å². The topological polar surface area (TPSA) is 75.8 Å². The van der Waals surface area contributed by atoms with Crippen LogP contribution in [0.3, 0.4) is 0 Å². The van der Waals surface area contributed by atoms with Crippen LogP contribution in [0.4, 0.5) is 0 Å². The summed E-state index contributed by atoms with van der Waals surface area (Å²) in [5.74, 6) is 0.176. The molecule has 0 spiro atoms. The molecule has 2 atom stereocenters. The molecule has 0 aromatic heterocycles. The normalized spacial score (nSPS) is 30.9. The number of carbonyl (C=O) groups excluding carboxylic acids is 1. The lowest BCUT2D eigenvalue weighted by atomic mass is 9.78. The molecule has 5 heteroatoms. The summed E-state index contributed by atoms with van der Waals surface area (Å²) >= 11 is 0. The molecule has 1 saturated heterocycles. The van der Waals surface area contributed by atoms with Gasteiger partial charge in [-0.1, -0.05) is 25.7 Å². The van der Waals surface area contributed by atoms with E-state index >= 15 is 0 Å². The number of aliphatic hydroxyl groups excluding tert-OH is 1. The lowest BCUT2D eigenvalue weighted by Crippen LogP contribution is -2.56. The first-order chi connectivity index (χ1) is 9.61. The van der Waals surface area contributed by atoms with E-state index in [1.807, 2.05) is 11.8 Å². The molecule has 0 aromatic rings. The molecular formula is C15H28N2O3. The zero-order valence-corrected chi connectivity index (χ0v) is 12.5. The molecule has 2 aliphatic rings. The van der Waals surface area contributed by atoms with E-state index in [4.69, 9.17) is 10.5 Å². The van der Waals surface area contributed by atoms with Gasteiger partial charge in [-0.2, -0.15) is 0 Å². The maximum absolute atomic E-state index is 13.0. The Labute approximate surface area is 121 Å². The van der Waals surface area contributed by atoms with Crippen LogP contribution >= 0.6 is 0 Å². The van der Waals surface area contributed by atoms with E-state index in [9.17, 15) is 9.90 Å². The van der Waals surface area contributed by atoms with Crippen molar-refractivity contribution in [2.45, 2.75) is 57.7 Å². The van der Waals surface area contributed by atoms with Crippen LogP contribution in [0.1, 0.15) is 45.4 Å². The Balaban J connectivity index is 2.10. The third-order valence-electron chi connectivity index (χ3n) is 4.72. The summed E-state index contributed by atoms with van der Waals surface area (Å²) in [7, 11) is 0. The van der Waals surface area contributed by atoms with Gasteiger partial charge in [-0.05, 0) is 19.8 Å². The maximum Gasteiger partial charge on any atom is 0.230 e. The van der Waals surface area contributed by atoms with Crippen molar-refractivity contribution in [3.8, 4) is 0 Å². The summed E-state index contributed by atoms with van der Waals surface area (Å²) in [6.07, 6.45) is 6.10. The molecule has 1 amide bonds. The van der Waals surface area contributed by atoms with Crippen molar-refractivity contribution in [3.63, 3.8) is 0 Å². The second kappa shape index (κ2) is 6.87. The molecule has 2 fully saturated rings. The van der Waals surface area contributed by atoms with Gasteiger partial charge in [0.1, 0.15) is 0 Å². The molecule has 0 aromatic carbocycles. The fourth-order valence-corrected chi connectivity index (χ4v) is 3.56. The first-order valence-corrected chi connectivity index (χ1v) is 7.87. The second-order valence-corrected chi connectivity index (χ2v) is 6.36. The average molecular weight is 284 g/mol. The number of nitrogens with two attached hydrogens (primary N) is 1. The summed E-state index contributed by atoms with van der Waals surface area (Å²) in [4.78, 5) is 14.8. The Morgan fingerprint density at radius 1 is 1.30 bits per heavy atom. The molecule has 1 heterocycles. The Morgan fingerprint density at radius 2 is 1.95 bits per heavy atom.